The molecule has 110 valence electrons. The van der Waals surface area contributed by atoms with Crippen LogP contribution in [0.5, 0.6) is 0 Å². The molecular formula is C14H17N5S2. The summed E-state index contributed by atoms with van der Waals surface area (Å²) < 4.78 is 0. The Morgan fingerprint density at radius 2 is 1.48 bits per heavy atom. The number of nitrogens with zero attached hydrogens (tertiary/aromatic N) is 4. The molecule has 0 fully saturated rings. The minimum atomic E-state index is 0.760. The summed E-state index contributed by atoms with van der Waals surface area (Å²) >= 11 is 3.37. The van der Waals surface area contributed by atoms with E-state index in [0.717, 1.165) is 35.9 Å². The zero-order valence-corrected chi connectivity index (χ0v) is 13.4. The molecule has 4 rings (SSSR count). The standard InChI is InChI=1S/C14H17N5S2/c1-3-7-11-9(5-1)15-13(20-11)17-19-18-14-16-10-6-2-4-8-12(10)21-14/h1-8H2,(H,15,16,17,18). The maximum atomic E-state index is 4.58. The molecule has 2 aromatic rings. The van der Waals surface area contributed by atoms with Gasteiger partial charge in [-0.2, -0.15) is 0 Å². The zero-order valence-electron chi connectivity index (χ0n) is 11.8. The molecule has 0 saturated carbocycles. The minimum absolute atomic E-state index is 0.760. The van der Waals surface area contributed by atoms with Crippen molar-refractivity contribution in [2.45, 2.75) is 51.4 Å². The van der Waals surface area contributed by atoms with E-state index >= 15 is 0 Å². The average molecular weight is 319 g/mol. The van der Waals surface area contributed by atoms with E-state index in [9.17, 15) is 0 Å². The summed E-state index contributed by atoms with van der Waals surface area (Å²) in [5.41, 5.74) is 5.43. The molecule has 2 heterocycles. The van der Waals surface area contributed by atoms with Crippen LogP contribution >= 0.6 is 22.7 Å². The van der Waals surface area contributed by atoms with Gasteiger partial charge in [-0.3, -0.25) is 0 Å². The van der Waals surface area contributed by atoms with Crippen molar-refractivity contribution in [1.29, 1.82) is 0 Å². The second-order valence-corrected chi connectivity index (χ2v) is 7.63. The number of thiazole rings is 2. The molecule has 0 radical (unpaired) electrons. The zero-order chi connectivity index (χ0) is 14.1. The molecule has 0 amide bonds. The Hall–Kier alpha value is -1.34. The van der Waals surface area contributed by atoms with Crippen molar-refractivity contribution in [2.75, 3.05) is 5.43 Å². The number of fused-ring (bicyclic) bond motifs is 2. The lowest BCUT2D eigenvalue weighted by molar-refractivity contribution is 0.682. The van der Waals surface area contributed by atoms with Gasteiger partial charge >= 0.3 is 0 Å². The highest BCUT2D eigenvalue weighted by atomic mass is 32.1. The van der Waals surface area contributed by atoms with Crippen molar-refractivity contribution < 1.29 is 0 Å². The molecule has 0 aromatic carbocycles. The van der Waals surface area contributed by atoms with E-state index < -0.39 is 0 Å². The van der Waals surface area contributed by atoms with Crippen molar-refractivity contribution in [3.63, 3.8) is 0 Å². The molecule has 21 heavy (non-hydrogen) atoms. The van der Waals surface area contributed by atoms with E-state index in [4.69, 9.17) is 0 Å². The summed E-state index contributed by atoms with van der Waals surface area (Å²) in [5.74, 6) is 0. The average Bonchev–Trinajstić information content (AvgIpc) is 3.09. The minimum Gasteiger partial charge on any atom is -0.234 e. The molecule has 0 atom stereocenters. The van der Waals surface area contributed by atoms with E-state index in [1.165, 1.54) is 46.8 Å². The molecular weight excluding hydrogens is 302 g/mol. The van der Waals surface area contributed by atoms with Gasteiger partial charge in [-0.1, -0.05) is 16.6 Å². The number of hydrogen-bond acceptors (Lipinski definition) is 6. The Labute approximate surface area is 131 Å². The van der Waals surface area contributed by atoms with Crippen molar-refractivity contribution in [3.8, 4) is 0 Å². The molecule has 0 aliphatic heterocycles. The van der Waals surface area contributed by atoms with Gasteiger partial charge in [0, 0.05) is 9.75 Å². The quantitative estimate of drug-likeness (QED) is 0.670. The Kier molecular flexibility index (Phi) is 3.69. The predicted molar refractivity (Wildman–Crippen MR) is 85.7 cm³/mol. The molecule has 0 spiro atoms. The van der Waals surface area contributed by atoms with Gasteiger partial charge in [0.2, 0.25) is 10.3 Å². The molecule has 2 aliphatic rings. The van der Waals surface area contributed by atoms with Crippen molar-refractivity contribution in [1.82, 2.24) is 9.97 Å². The van der Waals surface area contributed by atoms with E-state index in [1.54, 1.807) is 22.7 Å². The molecule has 0 unspecified atom stereocenters. The number of rotatable bonds is 3. The maximum Gasteiger partial charge on any atom is 0.232 e. The van der Waals surface area contributed by atoms with Crippen LogP contribution < -0.4 is 5.43 Å². The van der Waals surface area contributed by atoms with E-state index in [1.807, 2.05) is 0 Å². The van der Waals surface area contributed by atoms with Gasteiger partial charge in [0.15, 0.2) is 0 Å². The normalized spacial score (nSPS) is 17.7. The number of aryl methyl sites for hydroxylation is 4. The fourth-order valence-electron chi connectivity index (χ4n) is 2.89. The second kappa shape index (κ2) is 5.81. The summed E-state index contributed by atoms with van der Waals surface area (Å²) in [5, 5.41) is 9.88. The highest BCUT2D eigenvalue weighted by Gasteiger charge is 2.16. The fourth-order valence-corrected chi connectivity index (χ4v) is 4.85. The van der Waals surface area contributed by atoms with Crippen LogP contribution in [0.4, 0.5) is 10.3 Å². The lowest BCUT2D eigenvalue weighted by atomic mass is 10.0. The van der Waals surface area contributed by atoms with E-state index in [2.05, 4.69) is 25.7 Å². The van der Waals surface area contributed by atoms with Crippen molar-refractivity contribution in [2.24, 2.45) is 10.3 Å². The Bertz CT molecular complexity index is 626. The third kappa shape index (κ3) is 2.85. The van der Waals surface area contributed by atoms with Crippen LogP contribution in [0.3, 0.4) is 0 Å². The van der Waals surface area contributed by atoms with Crippen LogP contribution in [0.15, 0.2) is 10.3 Å². The first-order valence-corrected chi connectivity index (χ1v) is 9.16. The van der Waals surface area contributed by atoms with Crippen LogP contribution in [0, 0.1) is 0 Å². The number of hydrogen-bond donors (Lipinski definition) is 1. The predicted octanol–water partition coefficient (Wildman–Crippen LogP) is 4.47. The number of anilines is 1. The van der Waals surface area contributed by atoms with E-state index in [0.29, 0.717) is 0 Å². The van der Waals surface area contributed by atoms with Gasteiger partial charge in [0.05, 0.1) is 11.4 Å². The third-order valence-corrected chi connectivity index (χ3v) is 6.06. The smallest absolute Gasteiger partial charge is 0.232 e. The topological polar surface area (TPSA) is 62.5 Å². The second-order valence-electron chi connectivity index (χ2n) is 5.48. The summed E-state index contributed by atoms with van der Waals surface area (Å²) in [6.45, 7) is 0. The molecule has 2 aliphatic carbocycles. The van der Waals surface area contributed by atoms with Crippen molar-refractivity contribution >= 4 is 32.9 Å². The van der Waals surface area contributed by atoms with Gasteiger partial charge in [-0.25, -0.2) is 15.4 Å². The summed E-state index contributed by atoms with van der Waals surface area (Å²) in [4.78, 5) is 11.9. The highest BCUT2D eigenvalue weighted by molar-refractivity contribution is 7.16. The lowest BCUT2D eigenvalue weighted by Gasteiger charge is -2.06. The van der Waals surface area contributed by atoms with Gasteiger partial charge in [-0.05, 0) is 51.4 Å². The highest BCUT2D eigenvalue weighted by Crippen LogP contribution is 2.32. The molecule has 0 saturated heterocycles. The Balaban J connectivity index is 1.44. The monoisotopic (exact) mass is 319 g/mol. The Morgan fingerprint density at radius 3 is 2.19 bits per heavy atom. The summed E-state index contributed by atoms with van der Waals surface area (Å²) in [6.07, 6.45) is 9.55. The largest absolute Gasteiger partial charge is 0.234 e. The van der Waals surface area contributed by atoms with Crippen LogP contribution in [0.2, 0.25) is 0 Å². The molecule has 0 bridgehead atoms. The van der Waals surface area contributed by atoms with Crippen LogP contribution in [-0.2, 0) is 25.7 Å². The first-order chi connectivity index (χ1) is 10.4. The first-order valence-electron chi connectivity index (χ1n) is 7.52. The Morgan fingerprint density at radius 1 is 0.810 bits per heavy atom. The summed E-state index contributed by atoms with van der Waals surface area (Å²) in [6, 6.07) is 0. The van der Waals surface area contributed by atoms with Gasteiger partial charge in [-0.15, -0.1) is 16.5 Å². The molecule has 1 N–H and O–H groups in total. The van der Waals surface area contributed by atoms with Crippen LogP contribution in [0.1, 0.15) is 46.8 Å². The molecule has 7 heteroatoms. The van der Waals surface area contributed by atoms with Crippen LogP contribution in [-0.4, -0.2) is 9.97 Å². The molecule has 2 aromatic heterocycles. The SMILES string of the molecule is C1CCc2sc(N=NNc3nc4c(s3)CCCC4)nc2C1. The lowest BCUT2D eigenvalue weighted by Crippen LogP contribution is -1.99. The number of aromatic nitrogens is 2. The van der Waals surface area contributed by atoms with E-state index in [-0.39, 0.29) is 0 Å². The third-order valence-electron chi connectivity index (χ3n) is 3.96. The van der Waals surface area contributed by atoms with Gasteiger partial charge in [0.1, 0.15) is 0 Å². The summed E-state index contributed by atoms with van der Waals surface area (Å²) in [7, 11) is 0. The van der Waals surface area contributed by atoms with Gasteiger partial charge in [0.25, 0.3) is 0 Å². The fraction of sp³-hybridized carbons (Fsp3) is 0.571. The van der Waals surface area contributed by atoms with Crippen LogP contribution in [0.25, 0.3) is 0 Å². The maximum absolute atomic E-state index is 4.58. The van der Waals surface area contributed by atoms with Crippen molar-refractivity contribution in [3.05, 3.63) is 21.1 Å². The molecule has 5 nitrogen and oxygen atoms in total. The van der Waals surface area contributed by atoms with Gasteiger partial charge < -0.3 is 0 Å². The first kappa shape index (κ1) is 13.3. The number of nitrogens with one attached hydrogen (secondary N) is 1.